The Morgan fingerprint density at radius 3 is 2.83 bits per heavy atom. The van der Waals surface area contributed by atoms with Gasteiger partial charge >= 0.3 is 5.97 Å². The van der Waals surface area contributed by atoms with Crippen molar-refractivity contribution in [2.75, 3.05) is 5.32 Å². The summed E-state index contributed by atoms with van der Waals surface area (Å²) in [6, 6.07) is 0.234. The molecule has 1 heterocycles. The summed E-state index contributed by atoms with van der Waals surface area (Å²) in [4.78, 5) is 16.9. The van der Waals surface area contributed by atoms with Crippen LogP contribution in [0.15, 0.2) is 6.20 Å². The van der Waals surface area contributed by atoms with Crippen LogP contribution in [0, 0.1) is 0 Å². The van der Waals surface area contributed by atoms with Gasteiger partial charge in [0.25, 0.3) is 0 Å². The number of aromatic nitrogens is 2. The van der Waals surface area contributed by atoms with Gasteiger partial charge in [0.2, 0.25) is 5.95 Å². The molecule has 0 saturated carbocycles. The molecule has 0 fully saturated rings. The van der Waals surface area contributed by atoms with Crippen molar-refractivity contribution in [1.29, 1.82) is 0 Å². The highest BCUT2D eigenvalue weighted by molar-refractivity contribution is 5.85. The Kier molecular flexibility index (Phi) is 2.32. The monoisotopic (exact) mass is 169 g/mol. The summed E-state index contributed by atoms with van der Waals surface area (Å²) < 4.78 is 0. The summed E-state index contributed by atoms with van der Waals surface area (Å²) >= 11 is 0. The largest absolute Gasteiger partial charge is 0.477 e. The zero-order valence-electron chi connectivity index (χ0n) is 6.96. The van der Waals surface area contributed by atoms with Gasteiger partial charge in [-0.2, -0.15) is 0 Å². The lowest BCUT2D eigenvalue weighted by atomic mass is 10.4. The van der Waals surface area contributed by atoms with E-state index in [4.69, 9.17) is 5.11 Å². The first-order valence-electron chi connectivity index (χ1n) is 3.64. The Bertz CT molecular complexity index is 280. The Labute approximate surface area is 69.8 Å². The highest BCUT2D eigenvalue weighted by atomic mass is 16.4. The van der Waals surface area contributed by atoms with Crippen LogP contribution < -0.4 is 5.32 Å². The lowest BCUT2D eigenvalue weighted by molar-refractivity contribution is 0.0691. The van der Waals surface area contributed by atoms with Gasteiger partial charge in [0.05, 0.1) is 6.20 Å². The summed E-state index contributed by atoms with van der Waals surface area (Å²) in [7, 11) is 0. The minimum Gasteiger partial charge on any atom is -0.477 e. The number of rotatable bonds is 3. The van der Waals surface area contributed by atoms with Gasteiger partial charge in [0.15, 0.2) is 0 Å². The number of aromatic amines is 1. The van der Waals surface area contributed by atoms with Crippen LogP contribution in [0.25, 0.3) is 0 Å². The van der Waals surface area contributed by atoms with Crippen molar-refractivity contribution in [3.05, 3.63) is 11.9 Å². The molecular weight excluding hydrogens is 158 g/mol. The average molecular weight is 169 g/mol. The van der Waals surface area contributed by atoms with E-state index in [1.807, 2.05) is 13.8 Å². The van der Waals surface area contributed by atoms with E-state index in [-0.39, 0.29) is 11.7 Å². The Morgan fingerprint density at radius 1 is 1.75 bits per heavy atom. The first-order valence-corrected chi connectivity index (χ1v) is 3.64. The molecule has 1 aromatic heterocycles. The first-order chi connectivity index (χ1) is 5.59. The third-order valence-electron chi connectivity index (χ3n) is 1.23. The lowest BCUT2D eigenvalue weighted by Crippen LogP contribution is -2.11. The van der Waals surface area contributed by atoms with Crippen molar-refractivity contribution in [2.45, 2.75) is 19.9 Å². The van der Waals surface area contributed by atoms with Crippen molar-refractivity contribution in [2.24, 2.45) is 0 Å². The van der Waals surface area contributed by atoms with E-state index in [0.29, 0.717) is 5.95 Å². The Morgan fingerprint density at radius 2 is 2.42 bits per heavy atom. The van der Waals surface area contributed by atoms with Crippen molar-refractivity contribution in [3.63, 3.8) is 0 Å². The molecule has 0 aliphatic heterocycles. The second-order valence-electron chi connectivity index (χ2n) is 2.75. The molecule has 0 atom stereocenters. The van der Waals surface area contributed by atoms with Gasteiger partial charge in [-0.3, -0.25) is 0 Å². The first kappa shape index (κ1) is 8.58. The van der Waals surface area contributed by atoms with Crippen molar-refractivity contribution < 1.29 is 9.90 Å². The smallest absolute Gasteiger partial charge is 0.354 e. The zero-order chi connectivity index (χ0) is 9.14. The average Bonchev–Trinajstić information content (AvgIpc) is 2.34. The molecule has 0 radical (unpaired) electrons. The Hall–Kier alpha value is -1.52. The second kappa shape index (κ2) is 3.25. The second-order valence-corrected chi connectivity index (χ2v) is 2.75. The number of H-pyrrole nitrogens is 1. The van der Waals surface area contributed by atoms with E-state index in [1.54, 1.807) is 0 Å². The SMILES string of the molecule is CC(C)Nc1ncc(C(=O)O)[nH]1. The maximum Gasteiger partial charge on any atom is 0.354 e. The Balaban J connectivity index is 2.71. The molecule has 3 N–H and O–H groups in total. The molecule has 0 unspecified atom stereocenters. The number of carboxylic acid groups (broad SMARTS) is 1. The molecule has 0 amide bonds. The summed E-state index contributed by atoms with van der Waals surface area (Å²) in [6.07, 6.45) is 1.28. The molecule has 5 nitrogen and oxygen atoms in total. The van der Waals surface area contributed by atoms with Gasteiger partial charge in [-0.25, -0.2) is 9.78 Å². The van der Waals surface area contributed by atoms with Crippen LogP contribution in [0.2, 0.25) is 0 Å². The van der Waals surface area contributed by atoms with E-state index in [0.717, 1.165) is 0 Å². The zero-order valence-corrected chi connectivity index (χ0v) is 6.96. The highest BCUT2D eigenvalue weighted by Crippen LogP contribution is 2.03. The van der Waals surface area contributed by atoms with Gasteiger partial charge < -0.3 is 15.4 Å². The van der Waals surface area contributed by atoms with E-state index < -0.39 is 5.97 Å². The van der Waals surface area contributed by atoms with Gasteiger partial charge in [0, 0.05) is 6.04 Å². The normalized spacial score (nSPS) is 10.2. The standard InChI is InChI=1S/C7H11N3O2/c1-4(2)9-7-8-3-5(10-7)6(11)12/h3-4H,1-2H3,(H,11,12)(H2,8,9,10). The predicted octanol–water partition coefficient (Wildman–Crippen LogP) is 0.928. The summed E-state index contributed by atoms with van der Waals surface area (Å²) in [5, 5.41) is 11.5. The topological polar surface area (TPSA) is 78.0 Å². The molecule has 1 aromatic rings. The number of carboxylic acids is 1. The van der Waals surface area contributed by atoms with Crippen LogP contribution in [0.5, 0.6) is 0 Å². The van der Waals surface area contributed by atoms with Crippen LogP contribution in [0.4, 0.5) is 5.95 Å². The van der Waals surface area contributed by atoms with Gasteiger partial charge in [-0.05, 0) is 13.8 Å². The maximum atomic E-state index is 10.4. The van der Waals surface area contributed by atoms with Crippen molar-refractivity contribution >= 4 is 11.9 Å². The van der Waals surface area contributed by atoms with Gasteiger partial charge in [-0.15, -0.1) is 0 Å². The highest BCUT2D eigenvalue weighted by Gasteiger charge is 2.06. The molecular formula is C7H11N3O2. The molecule has 12 heavy (non-hydrogen) atoms. The number of nitrogens with zero attached hydrogens (tertiary/aromatic N) is 1. The minimum atomic E-state index is -1.00. The van der Waals surface area contributed by atoms with Crippen LogP contribution >= 0.6 is 0 Å². The van der Waals surface area contributed by atoms with Crippen molar-refractivity contribution in [1.82, 2.24) is 9.97 Å². The third kappa shape index (κ3) is 1.98. The third-order valence-corrected chi connectivity index (χ3v) is 1.23. The molecule has 0 aliphatic carbocycles. The fourth-order valence-electron chi connectivity index (χ4n) is 0.777. The summed E-state index contributed by atoms with van der Waals surface area (Å²) in [5.41, 5.74) is 0.0955. The number of aromatic carboxylic acids is 1. The fourth-order valence-corrected chi connectivity index (χ4v) is 0.777. The molecule has 0 spiro atoms. The van der Waals surface area contributed by atoms with E-state index >= 15 is 0 Å². The van der Waals surface area contributed by atoms with E-state index in [2.05, 4.69) is 15.3 Å². The number of anilines is 1. The molecule has 0 aliphatic rings. The molecule has 0 bridgehead atoms. The van der Waals surface area contributed by atoms with Gasteiger partial charge in [0.1, 0.15) is 5.69 Å². The summed E-state index contributed by atoms with van der Waals surface area (Å²) in [6.45, 7) is 3.89. The molecule has 0 aromatic carbocycles. The maximum absolute atomic E-state index is 10.4. The number of hydrogen-bond donors (Lipinski definition) is 3. The van der Waals surface area contributed by atoms with Gasteiger partial charge in [-0.1, -0.05) is 0 Å². The van der Waals surface area contributed by atoms with Crippen LogP contribution in [0.1, 0.15) is 24.3 Å². The number of hydrogen-bond acceptors (Lipinski definition) is 3. The fraction of sp³-hybridized carbons (Fsp3) is 0.429. The van der Waals surface area contributed by atoms with Crippen LogP contribution in [-0.4, -0.2) is 27.1 Å². The summed E-state index contributed by atoms with van der Waals surface area (Å²) in [5.74, 6) is -0.512. The number of carbonyl (C=O) groups is 1. The molecule has 0 saturated heterocycles. The molecule has 1 rings (SSSR count). The quantitative estimate of drug-likeness (QED) is 0.629. The van der Waals surface area contributed by atoms with E-state index in [9.17, 15) is 4.79 Å². The number of nitrogens with one attached hydrogen (secondary N) is 2. The van der Waals surface area contributed by atoms with E-state index in [1.165, 1.54) is 6.20 Å². The molecule has 5 heteroatoms. The lowest BCUT2D eigenvalue weighted by Gasteiger charge is -2.04. The predicted molar refractivity (Wildman–Crippen MR) is 44.3 cm³/mol. The van der Waals surface area contributed by atoms with Crippen LogP contribution in [-0.2, 0) is 0 Å². The minimum absolute atomic E-state index is 0.0955. The van der Waals surface area contributed by atoms with Crippen LogP contribution in [0.3, 0.4) is 0 Å². The molecule has 66 valence electrons. The number of imidazole rings is 1. The van der Waals surface area contributed by atoms with Crippen molar-refractivity contribution in [3.8, 4) is 0 Å².